The van der Waals surface area contributed by atoms with E-state index in [0.717, 1.165) is 40.2 Å². The molecule has 6 heteroatoms. The van der Waals surface area contributed by atoms with Crippen LogP contribution in [0, 0.1) is 6.92 Å². The SMILES string of the molecule is CCC(=O)OCCc1ccc(-n2c(CC)nc3cc(C)c(Cl)nc32)cc1. The Bertz CT molecular complexity index is 932. The predicted octanol–water partition coefficient (Wildman–Crippen LogP) is 4.44. The van der Waals surface area contributed by atoms with Crippen molar-refractivity contribution < 1.29 is 9.53 Å². The number of hydrogen-bond acceptors (Lipinski definition) is 4. The van der Waals surface area contributed by atoms with Gasteiger partial charge in [0.25, 0.3) is 0 Å². The molecule has 0 atom stereocenters. The molecular weight excluding hydrogens is 350 g/mol. The molecule has 0 aliphatic heterocycles. The molecule has 0 saturated carbocycles. The number of hydrogen-bond donors (Lipinski definition) is 0. The minimum Gasteiger partial charge on any atom is -0.465 e. The Labute approximate surface area is 158 Å². The normalized spacial score (nSPS) is 11.1. The first-order chi connectivity index (χ1) is 12.5. The topological polar surface area (TPSA) is 57.0 Å². The summed E-state index contributed by atoms with van der Waals surface area (Å²) in [6, 6.07) is 10.1. The van der Waals surface area contributed by atoms with Crippen LogP contribution in [0.4, 0.5) is 0 Å². The second-order valence-corrected chi connectivity index (χ2v) is 6.50. The lowest BCUT2D eigenvalue weighted by atomic mass is 10.1. The molecule has 2 heterocycles. The Balaban J connectivity index is 1.89. The van der Waals surface area contributed by atoms with Crippen molar-refractivity contribution >= 4 is 28.7 Å². The fraction of sp³-hybridized carbons (Fsp3) is 0.350. The van der Waals surface area contributed by atoms with E-state index >= 15 is 0 Å². The summed E-state index contributed by atoms with van der Waals surface area (Å²) in [5.74, 6) is 0.774. The standard InChI is InChI=1S/C20H22ClN3O2/c1-4-17-22-16-12-13(3)19(21)23-20(16)24(17)15-8-6-14(7-9-15)10-11-26-18(25)5-2/h6-9,12H,4-5,10-11H2,1-3H3. The number of carbonyl (C=O) groups excluding carboxylic acids is 1. The molecule has 5 nitrogen and oxygen atoms in total. The largest absolute Gasteiger partial charge is 0.465 e. The molecule has 0 saturated heterocycles. The van der Waals surface area contributed by atoms with Crippen molar-refractivity contribution in [3.05, 3.63) is 52.4 Å². The maximum atomic E-state index is 11.2. The van der Waals surface area contributed by atoms with Crippen LogP contribution in [0.2, 0.25) is 5.15 Å². The number of esters is 1. The Hall–Kier alpha value is -2.40. The van der Waals surface area contributed by atoms with Gasteiger partial charge in [-0.05, 0) is 36.2 Å². The molecule has 0 amide bonds. The zero-order valence-electron chi connectivity index (χ0n) is 15.3. The Kier molecular flexibility index (Phi) is 5.57. The van der Waals surface area contributed by atoms with Crippen LogP contribution in [0.1, 0.15) is 37.2 Å². The average molecular weight is 372 g/mol. The molecular formula is C20H22ClN3O2. The number of benzene rings is 1. The van der Waals surface area contributed by atoms with Crippen molar-refractivity contribution in [2.45, 2.75) is 40.0 Å². The van der Waals surface area contributed by atoms with Crippen molar-refractivity contribution in [1.82, 2.24) is 14.5 Å². The van der Waals surface area contributed by atoms with E-state index in [4.69, 9.17) is 21.3 Å². The maximum Gasteiger partial charge on any atom is 0.305 e. The molecule has 1 aromatic carbocycles. The van der Waals surface area contributed by atoms with E-state index in [9.17, 15) is 4.79 Å². The highest BCUT2D eigenvalue weighted by molar-refractivity contribution is 6.30. The van der Waals surface area contributed by atoms with Crippen molar-refractivity contribution in [2.24, 2.45) is 0 Å². The van der Waals surface area contributed by atoms with Gasteiger partial charge in [-0.1, -0.05) is 37.6 Å². The first-order valence-corrected chi connectivity index (χ1v) is 9.20. The monoisotopic (exact) mass is 371 g/mol. The second kappa shape index (κ2) is 7.87. The third-order valence-electron chi connectivity index (χ3n) is 4.28. The fourth-order valence-electron chi connectivity index (χ4n) is 2.83. The van der Waals surface area contributed by atoms with Crippen LogP contribution in [-0.2, 0) is 22.4 Å². The number of ether oxygens (including phenoxy) is 1. The molecule has 0 fully saturated rings. The zero-order chi connectivity index (χ0) is 18.7. The number of fused-ring (bicyclic) bond motifs is 1. The molecule has 0 radical (unpaired) electrons. The first-order valence-electron chi connectivity index (χ1n) is 8.82. The van der Waals surface area contributed by atoms with E-state index in [1.54, 1.807) is 6.92 Å². The molecule has 0 aliphatic rings. The molecule has 0 unspecified atom stereocenters. The van der Waals surface area contributed by atoms with Gasteiger partial charge in [-0.2, -0.15) is 0 Å². The first kappa shape index (κ1) is 18.4. The average Bonchev–Trinajstić information content (AvgIpc) is 3.00. The summed E-state index contributed by atoms with van der Waals surface area (Å²) in [6.45, 7) is 6.19. The zero-order valence-corrected chi connectivity index (χ0v) is 16.0. The maximum absolute atomic E-state index is 11.2. The summed E-state index contributed by atoms with van der Waals surface area (Å²) in [5.41, 5.74) is 4.64. The molecule has 26 heavy (non-hydrogen) atoms. The van der Waals surface area contributed by atoms with Crippen molar-refractivity contribution in [3.63, 3.8) is 0 Å². The minimum atomic E-state index is -0.169. The number of rotatable bonds is 6. The van der Waals surface area contributed by atoms with Gasteiger partial charge in [0.15, 0.2) is 5.65 Å². The highest BCUT2D eigenvalue weighted by atomic mass is 35.5. The van der Waals surface area contributed by atoms with Crippen molar-refractivity contribution in [1.29, 1.82) is 0 Å². The number of aryl methyl sites for hydroxylation is 2. The van der Waals surface area contributed by atoms with Gasteiger partial charge in [0.05, 0.1) is 6.61 Å². The van der Waals surface area contributed by atoms with Crippen LogP contribution in [-0.4, -0.2) is 27.1 Å². The van der Waals surface area contributed by atoms with Crippen LogP contribution < -0.4 is 0 Å². The van der Waals surface area contributed by atoms with E-state index in [2.05, 4.69) is 11.9 Å². The van der Waals surface area contributed by atoms with Crippen molar-refractivity contribution in [2.75, 3.05) is 6.61 Å². The molecule has 0 aliphatic carbocycles. The number of pyridine rings is 1. The van der Waals surface area contributed by atoms with Gasteiger partial charge in [-0.3, -0.25) is 9.36 Å². The van der Waals surface area contributed by atoms with E-state index in [-0.39, 0.29) is 5.97 Å². The van der Waals surface area contributed by atoms with E-state index < -0.39 is 0 Å². The third kappa shape index (κ3) is 3.73. The van der Waals surface area contributed by atoms with E-state index in [0.29, 0.717) is 24.6 Å². The number of halogens is 1. The fourth-order valence-corrected chi connectivity index (χ4v) is 2.97. The Morgan fingerprint density at radius 1 is 1.19 bits per heavy atom. The molecule has 2 aromatic heterocycles. The van der Waals surface area contributed by atoms with Gasteiger partial charge < -0.3 is 4.74 Å². The number of imidazole rings is 1. The van der Waals surface area contributed by atoms with E-state index in [1.165, 1.54) is 0 Å². The minimum absolute atomic E-state index is 0.169. The summed E-state index contributed by atoms with van der Waals surface area (Å²) in [6.07, 6.45) is 1.89. The van der Waals surface area contributed by atoms with Gasteiger partial charge in [0.1, 0.15) is 16.5 Å². The highest BCUT2D eigenvalue weighted by Gasteiger charge is 2.14. The van der Waals surface area contributed by atoms with Gasteiger partial charge in [-0.15, -0.1) is 0 Å². The third-order valence-corrected chi connectivity index (χ3v) is 4.67. The molecule has 3 rings (SSSR count). The Morgan fingerprint density at radius 2 is 1.92 bits per heavy atom. The molecule has 0 N–H and O–H groups in total. The van der Waals surface area contributed by atoms with Crippen LogP contribution in [0.5, 0.6) is 0 Å². The molecule has 3 aromatic rings. The van der Waals surface area contributed by atoms with Crippen LogP contribution in [0.15, 0.2) is 30.3 Å². The Morgan fingerprint density at radius 3 is 2.58 bits per heavy atom. The van der Waals surface area contributed by atoms with Gasteiger partial charge in [0, 0.05) is 24.9 Å². The molecule has 0 bridgehead atoms. The number of nitrogens with zero attached hydrogens (tertiary/aromatic N) is 3. The van der Waals surface area contributed by atoms with Gasteiger partial charge >= 0.3 is 5.97 Å². The lowest BCUT2D eigenvalue weighted by Crippen LogP contribution is -2.06. The van der Waals surface area contributed by atoms with E-state index in [1.807, 2.05) is 41.8 Å². The molecule has 0 spiro atoms. The lowest BCUT2D eigenvalue weighted by molar-refractivity contribution is -0.143. The highest BCUT2D eigenvalue weighted by Crippen LogP contribution is 2.24. The summed E-state index contributed by atoms with van der Waals surface area (Å²) >= 11 is 6.23. The van der Waals surface area contributed by atoms with Crippen molar-refractivity contribution in [3.8, 4) is 5.69 Å². The number of aromatic nitrogens is 3. The van der Waals surface area contributed by atoms with Crippen LogP contribution in [0.25, 0.3) is 16.9 Å². The quantitative estimate of drug-likeness (QED) is 0.474. The van der Waals surface area contributed by atoms with Gasteiger partial charge in [-0.25, -0.2) is 9.97 Å². The summed E-state index contributed by atoms with van der Waals surface area (Å²) in [5, 5.41) is 0.496. The van der Waals surface area contributed by atoms with Gasteiger partial charge in [0.2, 0.25) is 0 Å². The summed E-state index contributed by atoms with van der Waals surface area (Å²) < 4.78 is 7.18. The smallest absolute Gasteiger partial charge is 0.305 e. The van der Waals surface area contributed by atoms with Crippen LogP contribution >= 0.6 is 11.6 Å². The summed E-state index contributed by atoms with van der Waals surface area (Å²) in [4.78, 5) is 20.4. The lowest BCUT2D eigenvalue weighted by Gasteiger charge is -2.09. The second-order valence-electron chi connectivity index (χ2n) is 6.15. The summed E-state index contributed by atoms with van der Waals surface area (Å²) in [7, 11) is 0. The van der Waals surface area contributed by atoms with Crippen LogP contribution in [0.3, 0.4) is 0 Å². The molecule has 136 valence electrons. The number of carbonyl (C=O) groups is 1. The predicted molar refractivity (Wildman–Crippen MR) is 103 cm³/mol.